The molecule has 1 heterocycles. The van der Waals surface area contributed by atoms with E-state index in [2.05, 4.69) is 41.8 Å². The van der Waals surface area contributed by atoms with Crippen molar-refractivity contribution >= 4 is 23.4 Å². The maximum absolute atomic E-state index is 12.2. The van der Waals surface area contributed by atoms with Crippen LogP contribution in [0.5, 0.6) is 0 Å². The van der Waals surface area contributed by atoms with Crippen molar-refractivity contribution in [2.45, 2.75) is 36.7 Å². The van der Waals surface area contributed by atoms with Gasteiger partial charge in [0.15, 0.2) is 0 Å². The molecule has 0 fully saturated rings. The van der Waals surface area contributed by atoms with Crippen molar-refractivity contribution in [1.29, 1.82) is 0 Å². The van der Waals surface area contributed by atoms with E-state index in [1.54, 1.807) is 0 Å². The number of hydrogen-bond acceptors (Lipinski definition) is 3. The highest BCUT2D eigenvalue weighted by atomic mass is 32.2. The molecule has 0 unspecified atom stereocenters. The molecule has 3 nitrogen and oxygen atoms in total. The van der Waals surface area contributed by atoms with Crippen LogP contribution in [0.3, 0.4) is 0 Å². The van der Waals surface area contributed by atoms with E-state index in [0.717, 1.165) is 17.9 Å². The third-order valence-electron chi connectivity index (χ3n) is 3.99. The Morgan fingerprint density at radius 2 is 1.91 bits per heavy atom. The number of thioether (sulfide) groups is 1. The number of carbonyl (C=O) groups excluding carboxylic acids is 1. The first-order valence-corrected chi connectivity index (χ1v) is 9.03. The second-order valence-electron chi connectivity index (χ2n) is 5.91. The van der Waals surface area contributed by atoms with Crippen molar-refractivity contribution in [1.82, 2.24) is 5.32 Å². The van der Waals surface area contributed by atoms with Crippen molar-refractivity contribution in [2.24, 2.45) is 0 Å². The Morgan fingerprint density at radius 1 is 1.17 bits per heavy atom. The lowest BCUT2D eigenvalue weighted by Gasteiger charge is -2.28. The molecule has 4 heteroatoms. The topological polar surface area (TPSA) is 41.1 Å². The molecule has 0 saturated heterocycles. The molecule has 1 aliphatic heterocycles. The lowest BCUT2D eigenvalue weighted by molar-refractivity contribution is -0.116. The number of fused-ring (bicyclic) bond motifs is 1. The average molecular weight is 326 g/mol. The van der Waals surface area contributed by atoms with Gasteiger partial charge in [-0.2, -0.15) is 0 Å². The molecule has 23 heavy (non-hydrogen) atoms. The van der Waals surface area contributed by atoms with Crippen LogP contribution in [0.4, 0.5) is 5.69 Å². The number of hydrogen-bond donors (Lipinski definition) is 2. The standard InChI is InChI=1S/C19H22N2OS/c1-14(13-19(22)21-15-7-3-2-4-8-15)20-17-11-12-23-18-10-6-5-9-16(17)18/h2-10,14,17,20H,11-13H2,1H3,(H,21,22)/t14-,17-/m0/s1. The molecule has 0 aromatic heterocycles. The van der Waals surface area contributed by atoms with Gasteiger partial charge in [0.2, 0.25) is 5.91 Å². The molecule has 2 aromatic rings. The highest BCUT2D eigenvalue weighted by Crippen LogP contribution is 2.36. The smallest absolute Gasteiger partial charge is 0.225 e. The fourth-order valence-corrected chi connectivity index (χ4v) is 4.05. The van der Waals surface area contributed by atoms with Gasteiger partial charge in [-0.15, -0.1) is 11.8 Å². The number of benzene rings is 2. The largest absolute Gasteiger partial charge is 0.326 e. The zero-order chi connectivity index (χ0) is 16.1. The van der Waals surface area contributed by atoms with Crippen LogP contribution >= 0.6 is 11.8 Å². The van der Waals surface area contributed by atoms with Gasteiger partial charge >= 0.3 is 0 Å². The molecule has 0 saturated carbocycles. The summed E-state index contributed by atoms with van der Waals surface area (Å²) < 4.78 is 0. The first kappa shape index (κ1) is 16.1. The van der Waals surface area contributed by atoms with Gasteiger partial charge in [-0.1, -0.05) is 36.4 Å². The Balaban J connectivity index is 1.56. The quantitative estimate of drug-likeness (QED) is 0.864. The molecule has 0 aliphatic carbocycles. The molecular weight excluding hydrogens is 304 g/mol. The van der Waals surface area contributed by atoms with Gasteiger partial charge in [-0.05, 0) is 42.9 Å². The van der Waals surface area contributed by atoms with E-state index < -0.39 is 0 Å². The monoisotopic (exact) mass is 326 g/mol. The first-order chi connectivity index (χ1) is 11.2. The molecule has 2 aromatic carbocycles. The first-order valence-electron chi connectivity index (χ1n) is 8.05. The summed E-state index contributed by atoms with van der Waals surface area (Å²) in [5.41, 5.74) is 2.21. The van der Waals surface area contributed by atoms with Crippen LogP contribution in [0.25, 0.3) is 0 Å². The van der Waals surface area contributed by atoms with E-state index >= 15 is 0 Å². The highest BCUT2D eigenvalue weighted by molar-refractivity contribution is 7.99. The minimum atomic E-state index is 0.0506. The summed E-state index contributed by atoms with van der Waals surface area (Å²) in [5.74, 6) is 1.17. The summed E-state index contributed by atoms with van der Waals surface area (Å²) >= 11 is 1.92. The second kappa shape index (κ2) is 7.66. The summed E-state index contributed by atoms with van der Waals surface area (Å²) in [5, 5.41) is 6.56. The lowest BCUT2D eigenvalue weighted by Crippen LogP contribution is -2.35. The van der Waals surface area contributed by atoms with Crippen molar-refractivity contribution < 1.29 is 4.79 Å². The van der Waals surface area contributed by atoms with Crippen molar-refractivity contribution in [3.8, 4) is 0 Å². The Labute approximate surface area is 141 Å². The van der Waals surface area contributed by atoms with Gasteiger partial charge in [0.1, 0.15) is 0 Å². The number of para-hydroxylation sites is 1. The molecular formula is C19H22N2OS. The molecule has 120 valence electrons. The second-order valence-corrected chi connectivity index (χ2v) is 7.05. The molecule has 1 aliphatic rings. The summed E-state index contributed by atoms with van der Waals surface area (Å²) in [7, 11) is 0. The van der Waals surface area contributed by atoms with Crippen LogP contribution in [-0.2, 0) is 4.79 Å². The zero-order valence-electron chi connectivity index (χ0n) is 13.3. The third kappa shape index (κ3) is 4.36. The van der Waals surface area contributed by atoms with Crippen LogP contribution in [0, 0.1) is 0 Å². The molecule has 0 bridgehead atoms. The van der Waals surface area contributed by atoms with Gasteiger partial charge in [0, 0.05) is 29.1 Å². The number of carbonyl (C=O) groups is 1. The van der Waals surface area contributed by atoms with Crippen LogP contribution in [0.1, 0.15) is 31.4 Å². The number of rotatable bonds is 5. The van der Waals surface area contributed by atoms with Crippen LogP contribution in [0.15, 0.2) is 59.5 Å². The minimum Gasteiger partial charge on any atom is -0.326 e. The van der Waals surface area contributed by atoms with E-state index in [9.17, 15) is 4.79 Å². The Hall–Kier alpha value is -1.78. The van der Waals surface area contributed by atoms with E-state index in [-0.39, 0.29) is 11.9 Å². The number of nitrogens with one attached hydrogen (secondary N) is 2. The average Bonchev–Trinajstić information content (AvgIpc) is 2.56. The Bertz CT molecular complexity index is 659. The molecule has 2 atom stereocenters. The van der Waals surface area contributed by atoms with E-state index in [0.29, 0.717) is 12.5 Å². The maximum Gasteiger partial charge on any atom is 0.225 e. The molecule has 0 spiro atoms. The molecule has 3 rings (SSSR count). The molecule has 2 N–H and O–H groups in total. The zero-order valence-corrected chi connectivity index (χ0v) is 14.1. The van der Waals surface area contributed by atoms with Gasteiger partial charge in [0.25, 0.3) is 0 Å². The summed E-state index contributed by atoms with van der Waals surface area (Å²) in [6.45, 7) is 2.08. The van der Waals surface area contributed by atoms with Gasteiger partial charge in [0.05, 0.1) is 0 Å². The van der Waals surface area contributed by atoms with E-state index in [1.165, 1.54) is 10.5 Å². The SMILES string of the molecule is C[C@@H](CC(=O)Nc1ccccc1)N[C@H]1CCSc2ccccc21. The third-order valence-corrected chi connectivity index (χ3v) is 5.12. The number of amides is 1. The predicted molar refractivity (Wildman–Crippen MR) is 96.8 cm³/mol. The van der Waals surface area contributed by atoms with E-state index in [4.69, 9.17) is 0 Å². The van der Waals surface area contributed by atoms with E-state index in [1.807, 2.05) is 42.1 Å². The summed E-state index contributed by atoms with van der Waals surface area (Å²) in [6.07, 6.45) is 1.58. The van der Waals surface area contributed by atoms with Crippen molar-refractivity contribution in [2.75, 3.05) is 11.1 Å². The summed E-state index contributed by atoms with van der Waals surface area (Å²) in [4.78, 5) is 13.5. The number of anilines is 1. The van der Waals surface area contributed by atoms with Gasteiger partial charge in [-0.3, -0.25) is 4.79 Å². The van der Waals surface area contributed by atoms with Crippen LogP contribution < -0.4 is 10.6 Å². The van der Waals surface area contributed by atoms with Crippen molar-refractivity contribution in [3.05, 3.63) is 60.2 Å². The Kier molecular flexibility index (Phi) is 5.36. The fourth-order valence-electron chi connectivity index (χ4n) is 2.93. The van der Waals surface area contributed by atoms with Crippen LogP contribution in [0.2, 0.25) is 0 Å². The fraction of sp³-hybridized carbons (Fsp3) is 0.316. The van der Waals surface area contributed by atoms with Crippen LogP contribution in [-0.4, -0.2) is 17.7 Å². The van der Waals surface area contributed by atoms with Gasteiger partial charge in [-0.25, -0.2) is 0 Å². The van der Waals surface area contributed by atoms with Crippen molar-refractivity contribution in [3.63, 3.8) is 0 Å². The summed E-state index contributed by atoms with van der Waals surface area (Å²) in [6, 6.07) is 18.6. The lowest BCUT2D eigenvalue weighted by atomic mass is 10.0. The minimum absolute atomic E-state index is 0.0506. The predicted octanol–water partition coefficient (Wildman–Crippen LogP) is 4.23. The Morgan fingerprint density at radius 3 is 2.74 bits per heavy atom. The maximum atomic E-state index is 12.2. The highest BCUT2D eigenvalue weighted by Gasteiger charge is 2.22. The molecule has 0 radical (unpaired) electrons. The molecule has 1 amide bonds. The van der Waals surface area contributed by atoms with Gasteiger partial charge < -0.3 is 10.6 Å². The normalized spacial score (nSPS) is 18.0.